The molecule has 4 rings (SSSR count). The molecule has 0 aliphatic carbocycles. The van der Waals surface area contributed by atoms with Crippen LogP contribution in [0.3, 0.4) is 0 Å². The molecule has 152 valence electrons. The molecular formula is C22H19N3O5. The molecule has 30 heavy (non-hydrogen) atoms. The second-order valence-electron chi connectivity index (χ2n) is 6.78. The van der Waals surface area contributed by atoms with Crippen LogP contribution in [0.15, 0.2) is 64.8 Å². The van der Waals surface area contributed by atoms with Gasteiger partial charge in [0.1, 0.15) is 11.5 Å². The van der Waals surface area contributed by atoms with Gasteiger partial charge in [-0.15, -0.1) is 0 Å². The molecule has 0 radical (unpaired) electrons. The maximum atomic E-state index is 12.8. The van der Waals surface area contributed by atoms with Crippen LogP contribution < -0.4 is 5.32 Å². The second kappa shape index (κ2) is 7.75. The van der Waals surface area contributed by atoms with Crippen molar-refractivity contribution in [1.82, 2.24) is 14.8 Å². The van der Waals surface area contributed by atoms with Gasteiger partial charge >= 0.3 is 12.0 Å². The fourth-order valence-corrected chi connectivity index (χ4v) is 3.22. The lowest BCUT2D eigenvalue weighted by Crippen LogP contribution is -2.30. The minimum atomic E-state index is -0.629. The zero-order chi connectivity index (χ0) is 21.3. The molecule has 8 nitrogen and oxygen atoms in total. The van der Waals surface area contributed by atoms with Gasteiger partial charge in [-0.05, 0) is 55.0 Å². The van der Waals surface area contributed by atoms with Gasteiger partial charge in [-0.3, -0.25) is 9.69 Å². The first kappa shape index (κ1) is 19.3. The molecule has 0 atom stereocenters. The highest BCUT2D eigenvalue weighted by Gasteiger charge is 2.34. The molecule has 0 spiro atoms. The summed E-state index contributed by atoms with van der Waals surface area (Å²) in [5.74, 6) is -0.807. The van der Waals surface area contributed by atoms with Crippen molar-refractivity contribution in [3.8, 4) is 5.69 Å². The van der Waals surface area contributed by atoms with Crippen LogP contribution in [-0.2, 0) is 16.1 Å². The first-order chi connectivity index (χ1) is 14.5. The second-order valence-corrected chi connectivity index (χ2v) is 6.78. The molecule has 3 heterocycles. The Hall–Kier alpha value is -4.07. The summed E-state index contributed by atoms with van der Waals surface area (Å²) in [6.07, 6.45) is 3.52. The smallest absolute Gasteiger partial charge is 0.373 e. The van der Waals surface area contributed by atoms with Crippen molar-refractivity contribution in [2.75, 3.05) is 7.11 Å². The number of aromatic nitrogens is 1. The molecule has 1 fully saturated rings. The van der Waals surface area contributed by atoms with E-state index in [1.807, 2.05) is 54.1 Å². The number of rotatable bonds is 5. The first-order valence-electron chi connectivity index (χ1n) is 9.22. The Bertz CT molecular complexity index is 1170. The number of nitrogens with zero attached hydrogens (tertiary/aromatic N) is 2. The maximum Gasteiger partial charge on any atom is 0.373 e. The van der Waals surface area contributed by atoms with Crippen molar-refractivity contribution >= 4 is 24.0 Å². The van der Waals surface area contributed by atoms with Crippen molar-refractivity contribution in [3.05, 3.63) is 83.2 Å². The van der Waals surface area contributed by atoms with E-state index in [1.165, 1.54) is 19.2 Å². The van der Waals surface area contributed by atoms with Crippen LogP contribution in [0.5, 0.6) is 0 Å². The lowest BCUT2D eigenvalue weighted by atomic mass is 10.2. The number of carbonyl (C=O) groups excluding carboxylic acids is 3. The van der Waals surface area contributed by atoms with Gasteiger partial charge in [0, 0.05) is 17.6 Å². The molecular weight excluding hydrogens is 386 g/mol. The monoisotopic (exact) mass is 405 g/mol. The number of ether oxygens (including phenoxy) is 1. The Morgan fingerprint density at radius 2 is 2.00 bits per heavy atom. The summed E-state index contributed by atoms with van der Waals surface area (Å²) in [6, 6.07) is 14.1. The summed E-state index contributed by atoms with van der Waals surface area (Å²) in [7, 11) is 1.24. The zero-order valence-corrected chi connectivity index (χ0v) is 16.4. The molecule has 8 heteroatoms. The van der Waals surface area contributed by atoms with E-state index >= 15 is 0 Å². The van der Waals surface area contributed by atoms with Gasteiger partial charge < -0.3 is 19.0 Å². The van der Waals surface area contributed by atoms with Crippen LogP contribution in [0.2, 0.25) is 0 Å². The van der Waals surface area contributed by atoms with Gasteiger partial charge in [0.15, 0.2) is 0 Å². The standard InChI is InChI=1S/C22H19N3O5/c1-14-5-3-6-15(11-14)24-10-4-7-16(24)12-18-20(26)25(22(28)23-18)13-17-8-9-19(30-17)21(27)29-2/h3-12H,13H2,1-2H3,(H,23,28)/b18-12-. The van der Waals surface area contributed by atoms with E-state index < -0.39 is 17.9 Å². The van der Waals surface area contributed by atoms with Crippen molar-refractivity contribution < 1.29 is 23.5 Å². The number of aryl methyl sites for hydroxylation is 1. The van der Waals surface area contributed by atoms with Crippen LogP contribution in [0, 0.1) is 6.92 Å². The minimum Gasteiger partial charge on any atom is -0.463 e. The Morgan fingerprint density at radius 1 is 1.17 bits per heavy atom. The van der Waals surface area contributed by atoms with Crippen LogP contribution >= 0.6 is 0 Å². The third-order valence-corrected chi connectivity index (χ3v) is 4.68. The lowest BCUT2D eigenvalue weighted by molar-refractivity contribution is -0.123. The Kier molecular flexibility index (Phi) is 4.97. The third kappa shape index (κ3) is 3.62. The molecule has 0 bridgehead atoms. The molecule has 1 N–H and O–H groups in total. The Morgan fingerprint density at radius 3 is 2.77 bits per heavy atom. The normalized spacial score (nSPS) is 15.0. The highest BCUT2D eigenvalue weighted by atomic mass is 16.5. The fourth-order valence-electron chi connectivity index (χ4n) is 3.22. The quantitative estimate of drug-likeness (QED) is 0.400. The van der Waals surface area contributed by atoms with E-state index in [0.717, 1.165) is 21.8 Å². The largest absolute Gasteiger partial charge is 0.463 e. The highest BCUT2D eigenvalue weighted by Crippen LogP contribution is 2.21. The number of furan rings is 1. The summed E-state index contributed by atoms with van der Waals surface area (Å²) in [6.45, 7) is 1.90. The summed E-state index contributed by atoms with van der Waals surface area (Å²) >= 11 is 0. The fraction of sp³-hybridized carbons (Fsp3) is 0.136. The first-order valence-corrected chi connectivity index (χ1v) is 9.22. The molecule has 2 aromatic heterocycles. The number of imide groups is 1. The molecule has 1 aliphatic heterocycles. The van der Waals surface area contributed by atoms with E-state index in [9.17, 15) is 14.4 Å². The number of carbonyl (C=O) groups is 3. The van der Waals surface area contributed by atoms with E-state index in [4.69, 9.17) is 4.42 Å². The molecule has 3 aromatic rings. The van der Waals surface area contributed by atoms with Crippen LogP contribution in [0.25, 0.3) is 11.8 Å². The summed E-state index contributed by atoms with van der Waals surface area (Å²) in [5.41, 5.74) is 2.97. The number of methoxy groups -OCH3 is 1. The predicted octanol–water partition coefficient (Wildman–Crippen LogP) is 3.26. The summed E-state index contributed by atoms with van der Waals surface area (Å²) in [5, 5.41) is 2.59. The number of nitrogens with one attached hydrogen (secondary N) is 1. The molecule has 1 saturated heterocycles. The lowest BCUT2D eigenvalue weighted by Gasteiger charge is -2.09. The molecule has 0 saturated carbocycles. The number of esters is 1. The van der Waals surface area contributed by atoms with Crippen molar-refractivity contribution in [1.29, 1.82) is 0 Å². The molecule has 3 amide bonds. The summed E-state index contributed by atoms with van der Waals surface area (Å²) < 4.78 is 11.9. The topological polar surface area (TPSA) is 93.8 Å². The summed E-state index contributed by atoms with van der Waals surface area (Å²) in [4.78, 5) is 37.6. The van der Waals surface area contributed by atoms with Crippen molar-refractivity contribution in [2.24, 2.45) is 0 Å². The number of hydrogen-bond donors (Lipinski definition) is 1. The van der Waals surface area contributed by atoms with Crippen molar-refractivity contribution in [3.63, 3.8) is 0 Å². The van der Waals surface area contributed by atoms with Gasteiger partial charge in [0.25, 0.3) is 5.91 Å². The van der Waals surface area contributed by atoms with Gasteiger partial charge in [-0.25, -0.2) is 9.59 Å². The highest BCUT2D eigenvalue weighted by molar-refractivity contribution is 6.13. The van der Waals surface area contributed by atoms with E-state index in [-0.39, 0.29) is 18.0 Å². The van der Waals surface area contributed by atoms with Crippen LogP contribution in [-0.4, -0.2) is 34.5 Å². The number of benzene rings is 1. The average molecular weight is 405 g/mol. The average Bonchev–Trinajstić information content (AvgIpc) is 3.45. The van der Waals surface area contributed by atoms with E-state index in [1.54, 1.807) is 6.08 Å². The Balaban J connectivity index is 1.56. The van der Waals surface area contributed by atoms with Gasteiger partial charge in [-0.2, -0.15) is 0 Å². The molecule has 1 aliphatic rings. The molecule has 1 aromatic carbocycles. The zero-order valence-electron chi connectivity index (χ0n) is 16.4. The Labute approximate surface area is 172 Å². The van der Waals surface area contributed by atoms with E-state index in [0.29, 0.717) is 5.76 Å². The van der Waals surface area contributed by atoms with Gasteiger partial charge in [0.2, 0.25) is 5.76 Å². The van der Waals surface area contributed by atoms with Crippen molar-refractivity contribution in [2.45, 2.75) is 13.5 Å². The van der Waals surface area contributed by atoms with Gasteiger partial charge in [-0.1, -0.05) is 12.1 Å². The number of amides is 3. The number of hydrogen-bond acceptors (Lipinski definition) is 5. The van der Waals surface area contributed by atoms with Crippen LogP contribution in [0.1, 0.15) is 27.6 Å². The van der Waals surface area contributed by atoms with Gasteiger partial charge in [0.05, 0.1) is 13.7 Å². The minimum absolute atomic E-state index is 0.00583. The predicted molar refractivity (Wildman–Crippen MR) is 108 cm³/mol. The number of urea groups is 1. The maximum absolute atomic E-state index is 12.8. The van der Waals surface area contributed by atoms with Crippen LogP contribution in [0.4, 0.5) is 4.79 Å². The molecule has 0 unspecified atom stereocenters. The van der Waals surface area contributed by atoms with E-state index in [2.05, 4.69) is 10.1 Å². The SMILES string of the molecule is COC(=O)c1ccc(CN2C(=O)N/C(=C\c3cccn3-c3cccc(C)c3)C2=O)o1. The third-order valence-electron chi connectivity index (χ3n) is 4.68.